The summed E-state index contributed by atoms with van der Waals surface area (Å²) in [6.07, 6.45) is -0.659. The van der Waals surface area contributed by atoms with E-state index in [1.54, 1.807) is 13.0 Å². The number of halogens is 1. The molecule has 88 valence electrons. The Bertz CT molecular complexity index is 362. The van der Waals surface area contributed by atoms with Crippen molar-refractivity contribution in [1.82, 2.24) is 0 Å². The van der Waals surface area contributed by atoms with Crippen molar-refractivity contribution in [2.24, 2.45) is 0 Å². The normalized spacial score (nSPS) is 18.6. The fourth-order valence-corrected chi connectivity index (χ4v) is 1.95. The van der Waals surface area contributed by atoms with Gasteiger partial charge >= 0.3 is 0 Å². The first-order valence-corrected chi connectivity index (χ1v) is 5.48. The van der Waals surface area contributed by atoms with Gasteiger partial charge in [-0.2, -0.15) is 0 Å². The first-order valence-electron chi connectivity index (χ1n) is 5.48. The minimum absolute atomic E-state index is 0.312. The third-order valence-corrected chi connectivity index (χ3v) is 2.79. The van der Waals surface area contributed by atoms with Gasteiger partial charge in [0.25, 0.3) is 0 Å². The smallest absolute Gasteiger partial charge is 0.123 e. The Morgan fingerprint density at radius 1 is 1.38 bits per heavy atom. The van der Waals surface area contributed by atoms with Gasteiger partial charge in [-0.15, -0.1) is 0 Å². The summed E-state index contributed by atoms with van der Waals surface area (Å²) >= 11 is 0. The third kappa shape index (κ3) is 2.33. The second-order valence-corrected chi connectivity index (χ2v) is 3.98. The van der Waals surface area contributed by atoms with Gasteiger partial charge in [0.05, 0.1) is 19.3 Å². The zero-order valence-corrected chi connectivity index (χ0v) is 9.32. The van der Waals surface area contributed by atoms with Gasteiger partial charge in [0.1, 0.15) is 5.82 Å². The van der Waals surface area contributed by atoms with E-state index >= 15 is 0 Å². The van der Waals surface area contributed by atoms with Crippen molar-refractivity contribution < 1.29 is 14.2 Å². The highest BCUT2D eigenvalue weighted by Gasteiger charge is 2.17. The third-order valence-electron chi connectivity index (χ3n) is 2.79. The average molecular weight is 225 g/mol. The summed E-state index contributed by atoms with van der Waals surface area (Å²) in [5.74, 6) is -0.312. The van der Waals surface area contributed by atoms with E-state index in [-0.39, 0.29) is 5.82 Å². The fourth-order valence-electron chi connectivity index (χ4n) is 1.95. The van der Waals surface area contributed by atoms with Crippen molar-refractivity contribution in [3.05, 3.63) is 29.6 Å². The predicted molar refractivity (Wildman–Crippen MR) is 60.1 cm³/mol. The summed E-state index contributed by atoms with van der Waals surface area (Å²) in [6, 6.07) is 4.55. The molecule has 0 unspecified atom stereocenters. The Morgan fingerprint density at radius 3 is 2.69 bits per heavy atom. The molecular weight excluding hydrogens is 209 g/mol. The van der Waals surface area contributed by atoms with E-state index in [9.17, 15) is 9.50 Å². The van der Waals surface area contributed by atoms with Gasteiger partial charge in [0.2, 0.25) is 0 Å². The van der Waals surface area contributed by atoms with Crippen LogP contribution in [0.25, 0.3) is 0 Å². The Hall–Kier alpha value is -1.13. The van der Waals surface area contributed by atoms with Crippen LogP contribution in [0.5, 0.6) is 0 Å². The van der Waals surface area contributed by atoms with Crippen LogP contribution in [0.15, 0.2) is 18.2 Å². The standard InChI is InChI=1S/C12H16FNO2/c1-9(15)11-8-10(13)2-3-12(11)14-4-6-16-7-5-14/h2-3,8-9,15H,4-7H2,1H3/t9-/m0/s1. The SMILES string of the molecule is C[C@H](O)c1cc(F)ccc1N1CCOCC1. The topological polar surface area (TPSA) is 32.7 Å². The fraction of sp³-hybridized carbons (Fsp3) is 0.500. The first kappa shape index (κ1) is 11.4. The van der Waals surface area contributed by atoms with E-state index in [1.807, 2.05) is 0 Å². The van der Waals surface area contributed by atoms with Gasteiger partial charge in [0, 0.05) is 24.3 Å². The summed E-state index contributed by atoms with van der Waals surface area (Å²) < 4.78 is 18.4. The number of hydrogen-bond donors (Lipinski definition) is 1. The molecule has 1 N–H and O–H groups in total. The van der Waals surface area contributed by atoms with E-state index < -0.39 is 6.10 Å². The summed E-state index contributed by atoms with van der Waals surface area (Å²) in [4.78, 5) is 2.12. The predicted octanol–water partition coefficient (Wildman–Crippen LogP) is 1.72. The molecular formula is C12H16FNO2. The van der Waals surface area contributed by atoms with E-state index in [0.29, 0.717) is 18.8 Å². The molecule has 1 atom stereocenters. The second kappa shape index (κ2) is 4.80. The van der Waals surface area contributed by atoms with Crippen LogP contribution in [0, 0.1) is 5.82 Å². The monoisotopic (exact) mass is 225 g/mol. The average Bonchev–Trinajstić information content (AvgIpc) is 2.30. The minimum Gasteiger partial charge on any atom is -0.389 e. The number of benzene rings is 1. The van der Waals surface area contributed by atoms with Gasteiger partial charge in [0.15, 0.2) is 0 Å². The molecule has 1 saturated heterocycles. The van der Waals surface area contributed by atoms with Crippen LogP contribution in [-0.4, -0.2) is 31.4 Å². The number of aliphatic hydroxyl groups excluding tert-OH is 1. The highest BCUT2D eigenvalue weighted by molar-refractivity contribution is 5.55. The molecule has 0 bridgehead atoms. The minimum atomic E-state index is -0.659. The van der Waals surface area contributed by atoms with Crippen LogP contribution >= 0.6 is 0 Å². The molecule has 3 nitrogen and oxygen atoms in total. The molecule has 1 aromatic rings. The highest BCUT2D eigenvalue weighted by atomic mass is 19.1. The Kier molecular flexibility index (Phi) is 3.41. The molecule has 0 aliphatic carbocycles. The number of anilines is 1. The molecule has 0 amide bonds. The summed E-state index contributed by atoms with van der Waals surface area (Å²) in [5.41, 5.74) is 1.54. The number of ether oxygens (including phenoxy) is 1. The maximum Gasteiger partial charge on any atom is 0.123 e. The summed E-state index contributed by atoms with van der Waals surface area (Å²) in [5, 5.41) is 9.64. The number of rotatable bonds is 2. The Balaban J connectivity index is 2.31. The number of hydrogen-bond acceptors (Lipinski definition) is 3. The van der Waals surface area contributed by atoms with Gasteiger partial charge in [-0.1, -0.05) is 0 Å². The number of aliphatic hydroxyl groups is 1. The van der Waals surface area contributed by atoms with Crippen LogP contribution in [0.4, 0.5) is 10.1 Å². The number of morpholine rings is 1. The summed E-state index contributed by atoms with van der Waals surface area (Å²) in [7, 11) is 0. The van der Waals surface area contributed by atoms with Crippen molar-refractivity contribution in [3.63, 3.8) is 0 Å². The van der Waals surface area contributed by atoms with E-state index in [4.69, 9.17) is 4.74 Å². The lowest BCUT2D eigenvalue weighted by Gasteiger charge is -2.31. The van der Waals surface area contributed by atoms with Gasteiger partial charge in [-0.25, -0.2) is 4.39 Å². The lowest BCUT2D eigenvalue weighted by molar-refractivity contribution is 0.122. The molecule has 1 aromatic carbocycles. The Morgan fingerprint density at radius 2 is 2.06 bits per heavy atom. The summed E-state index contributed by atoms with van der Waals surface area (Å²) in [6.45, 7) is 4.57. The van der Waals surface area contributed by atoms with Crippen LogP contribution in [0.1, 0.15) is 18.6 Å². The van der Waals surface area contributed by atoms with E-state index in [0.717, 1.165) is 18.8 Å². The van der Waals surface area contributed by atoms with Crippen molar-refractivity contribution in [1.29, 1.82) is 0 Å². The molecule has 1 aliphatic heterocycles. The van der Waals surface area contributed by atoms with Crippen LogP contribution in [0.3, 0.4) is 0 Å². The molecule has 0 radical (unpaired) electrons. The first-order chi connectivity index (χ1) is 7.68. The molecule has 2 rings (SSSR count). The van der Waals surface area contributed by atoms with Crippen LogP contribution in [-0.2, 0) is 4.74 Å². The van der Waals surface area contributed by atoms with Crippen molar-refractivity contribution in [3.8, 4) is 0 Å². The highest BCUT2D eigenvalue weighted by Crippen LogP contribution is 2.27. The lowest BCUT2D eigenvalue weighted by Crippen LogP contribution is -2.36. The lowest BCUT2D eigenvalue weighted by atomic mass is 10.1. The van der Waals surface area contributed by atoms with Crippen LogP contribution in [0.2, 0.25) is 0 Å². The van der Waals surface area contributed by atoms with Crippen molar-refractivity contribution in [2.75, 3.05) is 31.2 Å². The molecule has 0 spiro atoms. The van der Waals surface area contributed by atoms with Crippen molar-refractivity contribution in [2.45, 2.75) is 13.0 Å². The van der Waals surface area contributed by atoms with Crippen molar-refractivity contribution >= 4 is 5.69 Å². The zero-order chi connectivity index (χ0) is 11.5. The van der Waals surface area contributed by atoms with E-state index in [2.05, 4.69) is 4.90 Å². The molecule has 1 aliphatic rings. The van der Waals surface area contributed by atoms with Gasteiger partial charge in [-0.05, 0) is 25.1 Å². The number of nitrogens with zero attached hydrogens (tertiary/aromatic N) is 1. The molecule has 1 heterocycles. The molecule has 0 saturated carbocycles. The molecule has 1 fully saturated rings. The van der Waals surface area contributed by atoms with Gasteiger partial charge < -0.3 is 14.7 Å². The largest absolute Gasteiger partial charge is 0.389 e. The molecule has 16 heavy (non-hydrogen) atoms. The Labute approximate surface area is 94.4 Å². The zero-order valence-electron chi connectivity index (χ0n) is 9.32. The quantitative estimate of drug-likeness (QED) is 0.831. The molecule has 4 heteroatoms. The van der Waals surface area contributed by atoms with Crippen LogP contribution < -0.4 is 4.90 Å². The van der Waals surface area contributed by atoms with Gasteiger partial charge in [-0.3, -0.25) is 0 Å². The molecule has 0 aromatic heterocycles. The maximum atomic E-state index is 13.1. The second-order valence-electron chi connectivity index (χ2n) is 3.98. The van der Waals surface area contributed by atoms with E-state index in [1.165, 1.54) is 12.1 Å². The maximum absolute atomic E-state index is 13.1.